The quantitative estimate of drug-likeness (QED) is 0.709. The Balaban J connectivity index is 2.09. The van der Waals surface area contributed by atoms with E-state index in [2.05, 4.69) is 10.6 Å². The molecule has 2 amide bonds. The van der Waals surface area contributed by atoms with Gasteiger partial charge in [0.2, 0.25) is 5.91 Å². The average molecular weight is 347 g/mol. The summed E-state index contributed by atoms with van der Waals surface area (Å²) in [6.45, 7) is 1.16. The van der Waals surface area contributed by atoms with Crippen LogP contribution in [0.5, 0.6) is 0 Å². The number of carbonyl (C=O) groups is 2. The third kappa shape index (κ3) is 5.46. The molecule has 2 rings (SSSR count). The Hall–Kier alpha value is -2.08. The molecule has 2 N–H and O–H groups in total. The van der Waals surface area contributed by atoms with E-state index in [0.717, 1.165) is 37.8 Å². The van der Waals surface area contributed by atoms with Crippen LogP contribution in [0.15, 0.2) is 18.2 Å². The van der Waals surface area contributed by atoms with Crippen LogP contribution in [0.25, 0.3) is 0 Å². The van der Waals surface area contributed by atoms with Gasteiger partial charge in [0.1, 0.15) is 0 Å². The van der Waals surface area contributed by atoms with E-state index in [0.29, 0.717) is 24.4 Å². The van der Waals surface area contributed by atoms with Crippen LogP contribution in [0.3, 0.4) is 0 Å². The normalized spacial score (nSPS) is 14.4. The van der Waals surface area contributed by atoms with E-state index in [9.17, 15) is 9.59 Å². The topological polar surface area (TPSA) is 70.7 Å². The molecule has 0 unspecified atom stereocenters. The van der Waals surface area contributed by atoms with Gasteiger partial charge in [0.15, 0.2) is 0 Å². The molecule has 0 atom stereocenters. The predicted molar refractivity (Wildman–Crippen MR) is 100 cm³/mol. The summed E-state index contributed by atoms with van der Waals surface area (Å²) in [5.41, 5.74) is 2.05. The van der Waals surface area contributed by atoms with Crippen LogP contribution in [-0.4, -0.2) is 46.2 Å². The Morgan fingerprint density at radius 2 is 1.96 bits per heavy atom. The fourth-order valence-corrected chi connectivity index (χ4v) is 3.13. The van der Waals surface area contributed by atoms with Gasteiger partial charge in [-0.25, -0.2) is 0 Å². The maximum Gasteiger partial charge on any atom is 0.253 e. The van der Waals surface area contributed by atoms with Crippen molar-refractivity contribution in [3.05, 3.63) is 23.8 Å². The van der Waals surface area contributed by atoms with Gasteiger partial charge in [-0.05, 0) is 37.5 Å². The third-order valence-electron chi connectivity index (χ3n) is 4.53. The molecule has 6 heteroatoms. The van der Waals surface area contributed by atoms with Crippen molar-refractivity contribution >= 4 is 23.2 Å². The van der Waals surface area contributed by atoms with Gasteiger partial charge >= 0.3 is 0 Å². The van der Waals surface area contributed by atoms with Gasteiger partial charge in [-0.3, -0.25) is 9.59 Å². The standard InChI is InChI=1S/C19H29N3O3/c1-22(2)17-10-9-15(21-18(23)14-7-4-5-8-14)13-16(17)19(24)20-11-6-12-25-3/h9-10,13-14H,4-8,11-12H2,1-3H3,(H,20,24)(H,21,23). The highest BCUT2D eigenvalue weighted by molar-refractivity contribution is 6.02. The van der Waals surface area contributed by atoms with E-state index < -0.39 is 0 Å². The van der Waals surface area contributed by atoms with Crippen molar-refractivity contribution in [3.8, 4) is 0 Å². The van der Waals surface area contributed by atoms with Gasteiger partial charge in [0.05, 0.1) is 5.56 Å². The molecule has 138 valence electrons. The second kappa shape index (κ2) is 9.42. The number of ether oxygens (including phenoxy) is 1. The van der Waals surface area contributed by atoms with Crippen molar-refractivity contribution in [1.82, 2.24) is 5.32 Å². The molecule has 6 nitrogen and oxygen atoms in total. The van der Waals surface area contributed by atoms with Crippen LogP contribution in [0.2, 0.25) is 0 Å². The average Bonchev–Trinajstić information content (AvgIpc) is 3.13. The number of carbonyl (C=O) groups excluding carboxylic acids is 2. The number of nitrogens with zero attached hydrogens (tertiary/aromatic N) is 1. The Morgan fingerprint density at radius 3 is 2.60 bits per heavy atom. The van der Waals surface area contributed by atoms with Crippen LogP contribution in [-0.2, 0) is 9.53 Å². The third-order valence-corrected chi connectivity index (χ3v) is 4.53. The molecule has 0 bridgehead atoms. The molecule has 0 saturated heterocycles. The number of anilines is 2. The minimum absolute atomic E-state index is 0.0570. The lowest BCUT2D eigenvalue weighted by molar-refractivity contribution is -0.119. The number of rotatable bonds is 8. The lowest BCUT2D eigenvalue weighted by Crippen LogP contribution is -2.27. The lowest BCUT2D eigenvalue weighted by atomic mass is 10.1. The van der Waals surface area contributed by atoms with Crippen molar-refractivity contribution in [3.63, 3.8) is 0 Å². The first-order valence-electron chi connectivity index (χ1n) is 8.92. The summed E-state index contributed by atoms with van der Waals surface area (Å²) in [6.07, 6.45) is 4.90. The molecule has 0 aliphatic heterocycles. The molecule has 0 spiro atoms. The van der Waals surface area contributed by atoms with Gasteiger partial charge in [0.25, 0.3) is 5.91 Å². The van der Waals surface area contributed by atoms with Gasteiger partial charge in [-0.15, -0.1) is 0 Å². The van der Waals surface area contributed by atoms with E-state index in [1.165, 1.54) is 0 Å². The Kier molecular flexibility index (Phi) is 7.25. The Morgan fingerprint density at radius 1 is 1.24 bits per heavy atom. The summed E-state index contributed by atoms with van der Waals surface area (Å²) in [5.74, 6) is 0.0122. The molecule has 1 aromatic rings. The summed E-state index contributed by atoms with van der Waals surface area (Å²) in [7, 11) is 5.43. The fraction of sp³-hybridized carbons (Fsp3) is 0.579. The van der Waals surface area contributed by atoms with Crippen molar-refractivity contribution in [2.24, 2.45) is 5.92 Å². The van der Waals surface area contributed by atoms with Crippen molar-refractivity contribution in [1.29, 1.82) is 0 Å². The van der Waals surface area contributed by atoms with E-state index >= 15 is 0 Å². The Labute approximate surface area is 149 Å². The molecule has 1 aliphatic carbocycles. The molecule has 1 aromatic carbocycles. The fourth-order valence-electron chi connectivity index (χ4n) is 3.13. The largest absolute Gasteiger partial charge is 0.385 e. The zero-order valence-corrected chi connectivity index (χ0v) is 15.4. The molecule has 1 fully saturated rings. The summed E-state index contributed by atoms with van der Waals surface area (Å²) in [5, 5.41) is 5.87. The highest BCUT2D eigenvalue weighted by Gasteiger charge is 2.23. The zero-order chi connectivity index (χ0) is 18.2. The van der Waals surface area contributed by atoms with E-state index in [1.54, 1.807) is 13.2 Å². The second-order valence-corrected chi connectivity index (χ2v) is 6.70. The lowest BCUT2D eigenvalue weighted by Gasteiger charge is -2.19. The van der Waals surface area contributed by atoms with E-state index in [4.69, 9.17) is 4.74 Å². The van der Waals surface area contributed by atoms with Gasteiger partial charge in [0, 0.05) is 51.6 Å². The first-order valence-corrected chi connectivity index (χ1v) is 8.92. The minimum atomic E-state index is -0.142. The number of benzene rings is 1. The van der Waals surface area contributed by atoms with Crippen LogP contribution >= 0.6 is 0 Å². The first-order chi connectivity index (χ1) is 12.0. The van der Waals surface area contributed by atoms with Crippen LogP contribution in [0, 0.1) is 5.92 Å². The van der Waals surface area contributed by atoms with Crippen molar-refractivity contribution in [2.45, 2.75) is 32.1 Å². The molecule has 25 heavy (non-hydrogen) atoms. The smallest absolute Gasteiger partial charge is 0.253 e. The first kappa shape index (κ1) is 19.2. The molecular formula is C19H29N3O3. The predicted octanol–water partition coefficient (Wildman–Crippen LogP) is 2.65. The maximum atomic E-state index is 12.5. The number of amides is 2. The van der Waals surface area contributed by atoms with Crippen LogP contribution < -0.4 is 15.5 Å². The van der Waals surface area contributed by atoms with Crippen molar-refractivity contribution in [2.75, 3.05) is 44.6 Å². The molecule has 0 heterocycles. The molecule has 1 saturated carbocycles. The van der Waals surface area contributed by atoms with Crippen LogP contribution in [0.4, 0.5) is 11.4 Å². The highest BCUT2D eigenvalue weighted by atomic mass is 16.5. The highest BCUT2D eigenvalue weighted by Crippen LogP contribution is 2.27. The zero-order valence-electron chi connectivity index (χ0n) is 15.4. The van der Waals surface area contributed by atoms with Gasteiger partial charge in [-0.1, -0.05) is 12.8 Å². The van der Waals surface area contributed by atoms with E-state index in [1.807, 2.05) is 31.1 Å². The molecule has 1 aliphatic rings. The number of hydrogen-bond acceptors (Lipinski definition) is 4. The van der Waals surface area contributed by atoms with Crippen LogP contribution in [0.1, 0.15) is 42.5 Å². The number of methoxy groups -OCH3 is 1. The summed E-state index contributed by atoms with van der Waals surface area (Å²) in [4.78, 5) is 26.8. The monoisotopic (exact) mass is 347 g/mol. The number of hydrogen-bond donors (Lipinski definition) is 2. The number of nitrogens with one attached hydrogen (secondary N) is 2. The minimum Gasteiger partial charge on any atom is -0.385 e. The molecule has 0 radical (unpaired) electrons. The van der Waals surface area contributed by atoms with Crippen molar-refractivity contribution < 1.29 is 14.3 Å². The SMILES string of the molecule is COCCCNC(=O)c1cc(NC(=O)C2CCCC2)ccc1N(C)C. The summed E-state index contributed by atoms with van der Waals surface area (Å²) in [6, 6.07) is 5.48. The van der Waals surface area contributed by atoms with E-state index in [-0.39, 0.29) is 17.7 Å². The maximum absolute atomic E-state index is 12.5. The van der Waals surface area contributed by atoms with Gasteiger partial charge < -0.3 is 20.3 Å². The van der Waals surface area contributed by atoms with Gasteiger partial charge in [-0.2, -0.15) is 0 Å². The summed E-state index contributed by atoms with van der Waals surface area (Å²) < 4.78 is 5.00. The second-order valence-electron chi connectivity index (χ2n) is 6.70. The molecular weight excluding hydrogens is 318 g/mol. The molecule has 0 aromatic heterocycles. The Bertz CT molecular complexity index is 596. The summed E-state index contributed by atoms with van der Waals surface area (Å²) >= 11 is 0.